The van der Waals surface area contributed by atoms with Gasteiger partial charge in [-0.25, -0.2) is 0 Å². The molecule has 2 rings (SSSR count). The van der Waals surface area contributed by atoms with Crippen molar-refractivity contribution >= 4 is 39.1 Å². The van der Waals surface area contributed by atoms with Crippen molar-refractivity contribution in [2.24, 2.45) is 5.92 Å². The van der Waals surface area contributed by atoms with Crippen molar-refractivity contribution in [3.05, 3.63) is 27.7 Å². The molecule has 4 heteroatoms. The first kappa shape index (κ1) is 12.9. The summed E-state index contributed by atoms with van der Waals surface area (Å²) < 4.78 is 1.05. The summed E-state index contributed by atoms with van der Waals surface area (Å²) in [5.41, 5.74) is 3.30. The largest absolute Gasteiger partial charge is 0.312 e. The molecule has 0 spiro atoms. The van der Waals surface area contributed by atoms with E-state index in [0.29, 0.717) is 12.3 Å². The zero-order chi connectivity index (χ0) is 12.6. The van der Waals surface area contributed by atoms with E-state index in [1.807, 2.05) is 30.9 Å². The van der Waals surface area contributed by atoms with Crippen LogP contribution in [0, 0.1) is 19.8 Å². The van der Waals surface area contributed by atoms with Gasteiger partial charge in [-0.1, -0.05) is 15.9 Å². The second-order valence-electron chi connectivity index (χ2n) is 4.62. The molecule has 0 bridgehead atoms. The average molecular weight is 317 g/mol. The van der Waals surface area contributed by atoms with Gasteiger partial charge in [-0.05, 0) is 43.0 Å². The van der Waals surface area contributed by atoms with Crippen molar-refractivity contribution < 1.29 is 4.79 Å². The molecule has 1 atom stereocenters. The van der Waals surface area contributed by atoms with E-state index in [2.05, 4.69) is 15.9 Å². The molecule has 0 saturated carbocycles. The molecular formula is C13H15BrClNO. The minimum absolute atomic E-state index is 0.184. The lowest BCUT2D eigenvalue weighted by molar-refractivity contribution is -0.117. The smallest absolute Gasteiger partial charge is 0.227 e. The van der Waals surface area contributed by atoms with Crippen LogP contribution in [-0.2, 0) is 4.79 Å². The van der Waals surface area contributed by atoms with Crippen molar-refractivity contribution in [2.75, 3.05) is 17.3 Å². The molecule has 0 N–H and O–H groups in total. The number of anilines is 1. The molecule has 2 nitrogen and oxygen atoms in total. The normalized spacial score (nSPS) is 20.1. The summed E-state index contributed by atoms with van der Waals surface area (Å²) in [6.45, 7) is 4.81. The third-order valence-electron chi connectivity index (χ3n) is 3.15. The molecule has 1 aliphatic rings. The van der Waals surface area contributed by atoms with E-state index in [1.54, 1.807) is 0 Å². The number of aryl methyl sites for hydroxylation is 2. The van der Waals surface area contributed by atoms with Crippen LogP contribution in [0.15, 0.2) is 16.6 Å². The molecule has 1 unspecified atom stereocenters. The lowest BCUT2D eigenvalue weighted by atomic mass is 10.1. The van der Waals surface area contributed by atoms with Gasteiger partial charge in [0.25, 0.3) is 0 Å². The number of hydrogen-bond donors (Lipinski definition) is 0. The van der Waals surface area contributed by atoms with Gasteiger partial charge in [0.05, 0.1) is 0 Å². The Balaban J connectivity index is 2.38. The molecule has 1 fully saturated rings. The van der Waals surface area contributed by atoms with Crippen molar-refractivity contribution in [1.82, 2.24) is 0 Å². The number of hydrogen-bond acceptors (Lipinski definition) is 1. The van der Waals surface area contributed by atoms with Crippen molar-refractivity contribution in [2.45, 2.75) is 20.3 Å². The number of rotatable bonds is 2. The Kier molecular flexibility index (Phi) is 3.79. The van der Waals surface area contributed by atoms with Crippen LogP contribution in [0.2, 0.25) is 0 Å². The first-order valence-corrected chi connectivity index (χ1v) is 6.98. The van der Waals surface area contributed by atoms with E-state index < -0.39 is 0 Å². The first-order chi connectivity index (χ1) is 8.02. The summed E-state index contributed by atoms with van der Waals surface area (Å²) in [5.74, 6) is 1.02. The average Bonchev–Trinajstić information content (AvgIpc) is 2.59. The van der Waals surface area contributed by atoms with Gasteiger partial charge in [-0.2, -0.15) is 0 Å². The molecular weight excluding hydrogens is 302 g/mol. The minimum Gasteiger partial charge on any atom is -0.312 e. The Morgan fingerprint density at radius 3 is 2.47 bits per heavy atom. The van der Waals surface area contributed by atoms with Crippen LogP contribution in [0.1, 0.15) is 17.5 Å². The number of halogens is 2. The summed E-state index contributed by atoms with van der Waals surface area (Å²) in [6.07, 6.45) is 0.568. The fourth-order valence-electron chi connectivity index (χ4n) is 2.43. The van der Waals surface area contributed by atoms with Gasteiger partial charge in [0, 0.05) is 29.0 Å². The van der Waals surface area contributed by atoms with Gasteiger partial charge in [-0.15, -0.1) is 11.6 Å². The number of carbonyl (C=O) groups excluding carboxylic acids is 1. The molecule has 92 valence electrons. The summed E-state index contributed by atoms with van der Waals surface area (Å²) in [5, 5.41) is 0. The first-order valence-electron chi connectivity index (χ1n) is 5.66. The van der Waals surface area contributed by atoms with Crippen LogP contribution >= 0.6 is 27.5 Å². The predicted octanol–water partition coefficient (Wildman–Crippen LogP) is 3.66. The van der Waals surface area contributed by atoms with E-state index in [-0.39, 0.29) is 11.8 Å². The molecule has 1 aliphatic heterocycles. The van der Waals surface area contributed by atoms with E-state index in [1.165, 1.54) is 0 Å². The van der Waals surface area contributed by atoms with Crippen molar-refractivity contribution in [3.63, 3.8) is 0 Å². The van der Waals surface area contributed by atoms with Gasteiger partial charge in [0.1, 0.15) is 0 Å². The van der Waals surface area contributed by atoms with Crippen LogP contribution in [0.25, 0.3) is 0 Å². The Labute approximate surface area is 115 Å². The fourth-order valence-corrected chi connectivity index (χ4v) is 3.32. The van der Waals surface area contributed by atoms with Gasteiger partial charge in [0.2, 0.25) is 5.91 Å². The zero-order valence-electron chi connectivity index (χ0n) is 9.96. The standard InChI is InChI=1S/C13H15BrClNO/c1-8-3-11(14)4-9(2)13(8)16-7-10(6-15)5-12(16)17/h3-4,10H,5-7H2,1-2H3. The topological polar surface area (TPSA) is 20.3 Å². The molecule has 0 aromatic heterocycles. The maximum atomic E-state index is 12.0. The Hall–Kier alpha value is -0.540. The molecule has 1 aromatic rings. The van der Waals surface area contributed by atoms with Crippen LogP contribution in [-0.4, -0.2) is 18.3 Å². The van der Waals surface area contributed by atoms with Crippen LogP contribution in [0.3, 0.4) is 0 Å². The van der Waals surface area contributed by atoms with Gasteiger partial charge < -0.3 is 4.90 Å². The van der Waals surface area contributed by atoms with Crippen LogP contribution < -0.4 is 4.90 Å². The molecule has 1 heterocycles. The third kappa shape index (κ3) is 2.50. The highest BCUT2D eigenvalue weighted by molar-refractivity contribution is 9.10. The lowest BCUT2D eigenvalue weighted by Crippen LogP contribution is -2.26. The fraction of sp³-hybridized carbons (Fsp3) is 0.462. The highest BCUT2D eigenvalue weighted by Crippen LogP contribution is 2.33. The van der Waals surface area contributed by atoms with Gasteiger partial charge in [0.15, 0.2) is 0 Å². The van der Waals surface area contributed by atoms with E-state index >= 15 is 0 Å². The third-order valence-corrected chi connectivity index (χ3v) is 4.04. The highest BCUT2D eigenvalue weighted by Gasteiger charge is 2.31. The zero-order valence-corrected chi connectivity index (χ0v) is 12.3. The van der Waals surface area contributed by atoms with Crippen molar-refractivity contribution in [3.8, 4) is 0 Å². The maximum Gasteiger partial charge on any atom is 0.227 e. The number of alkyl halides is 1. The van der Waals surface area contributed by atoms with E-state index in [9.17, 15) is 4.79 Å². The number of benzene rings is 1. The summed E-state index contributed by atoms with van der Waals surface area (Å²) in [4.78, 5) is 13.9. The molecule has 1 aromatic carbocycles. The van der Waals surface area contributed by atoms with Gasteiger partial charge >= 0.3 is 0 Å². The number of nitrogens with zero attached hydrogens (tertiary/aromatic N) is 1. The Morgan fingerprint density at radius 1 is 1.41 bits per heavy atom. The summed E-state index contributed by atoms with van der Waals surface area (Å²) in [6, 6.07) is 4.09. The molecule has 1 saturated heterocycles. The molecule has 0 aliphatic carbocycles. The second-order valence-corrected chi connectivity index (χ2v) is 5.84. The number of amides is 1. The maximum absolute atomic E-state index is 12.0. The van der Waals surface area contributed by atoms with Crippen LogP contribution in [0.5, 0.6) is 0 Å². The quantitative estimate of drug-likeness (QED) is 0.763. The summed E-state index contributed by atoms with van der Waals surface area (Å²) in [7, 11) is 0. The second kappa shape index (κ2) is 4.99. The van der Waals surface area contributed by atoms with E-state index in [4.69, 9.17) is 11.6 Å². The van der Waals surface area contributed by atoms with E-state index in [0.717, 1.165) is 27.8 Å². The van der Waals surface area contributed by atoms with Gasteiger partial charge in [-0.3, -0.25) is 4.79 Å². The molecule has 17 heavy (non-hydrogen) atoms. The minimum atomic E-state index is 0.184. The Morgan fingerprint density at radius 2 is 2.00 bits per heavy atom. The lowest BCUT2D eigenvalue weighted by Gasteiger charge is -2.21. The van der Waals surface area contributed by atoms with Crippen molar-refractivity contribution in [1.29, 1.82) is 0 Å². The molecule has 1 amide bonds. The monoisotopic (exact) mass is 315 g/mol. The highest BCUT2D eigenvalue weighted by atomic mass is 79.9. The number of carbonyl (C=O) groups is 1. The Bertz CT molecular complexity index is 438. The predicted molar refractivity (Wildman–Crippen MR) is 74.8 cm³/mol. The SMILES string of the molecule is Cc1cc(Br)cc(C)c1N1CC(CCl)CC1=O. The van der Waals surface area contributed by atoms with Crippen LogP contribution in [0.4, 0.5) is 5.69 Å². The molecule has 0 radical (unpaired) electrons. The summed E-state index contributed by atoms with van der Waals surface area (Å²) >= 11 is 9.32.